The summed E-state index contributed by atoms with van der Waals surface area (Å²) in [5.41, 5.74) is 1.54. The number of aromatic nitrogens is 2. The molecule has 5 nitrogen and oxygen atoms in total. The lowest BCUT2D eigenvalue weighted by molar-refractivity contribution is 0.102. The summed E-state index contributed by atoms with van der Waals surface area (Å²) in [6.07, 6.45) is 2.80. The second kappa shape index (κ2) is 7.06. The lowest BCUT2D eigenvalue weighted by Crippen LogP contribution is -2.13. The minimum Gasteiger partial charge on any atom is -0.324 e. The zero-order valence-corrected chi connectivity index (χ0v) is 13.1. The van der Waals surface area contributed by atoms with E-state index in [4.69, 9.17) is 11.6 Å². The first kappa shape index (κ1) is 15.9. The lowest BCUT2D eigenvalue weighted by Gasteiger charge is -2.07. The van der Waals surface area contributed by atoms with Crippen molar-refractivity contribution in [3.05, 3.63) is 77.3 Å². The van der Waals surface area contributed by atoms with Crippen molar-refractivity contribution in [2.75, 3.05) is 10.6 Å². The van der Waals surface area contributed by atoms with E-state index in [0.29, 0.717) is 27.9 Å². The molecule has 1 amide bonds. The van der Waals surface area contributed by atoms with Gasteiger partial charge in [0.15, 0.2) is 0 Å². The summed E-state index contributed by atoms with van der Waals surface area (Å²) in [6.45, 7) is 0. The molecule has 3 aromatic rings. The molecule has 0 aliphatic heterocycles. The Morgan fingerprint density at radius 1 is 1.00 bits per heavy atom. The number of hydrogen-bond donors (Lipinski definition) is 2. The van der Waals surface area contributed by atoms with Gasteiger partial charge < -0.3 is 10.6 Å². The summed E-state index contributed by atoms with van der Waals surface area (Å²) in [7, 11) is 0. The van der Waals surface area contributed by atoms with Crippen molar-refractivity contribution in [3.63, 3.8) is 0 Å². The summed E-state index contributed by atoms with van der Waals surface area (Å²) >= 11 is 5.87. The van der Waals surface area contributed by atoms with Gasteiger partial charge in [0.05, 0.1) is 5.56 Å². The smallest absolute Gasteiger partial charge is 0.258 e. The summed E-state index contributed by atoms with van der Waals surface area (Å²) in [5.74, 6) is -0.360. The van der Waals surface area contributed by atoms with Crippen molar-refractivity contribution >= 4 is 34.8 Å². The Morgan fingerprint density at radius 2 is 1.71 bits per heavy atom. The van der Waals surface area contributed by atoms with Crippen molar-refractivity contribution in [1.82, 2.24) is 9.97 Å². The highest BCUT2D eigenvalue weighted by Crippen LogP contribution is 2.16. The molecule has 0 fully saturated rings. The Hall–Kier alpha value is -2.99. The fraction of sp³-hybridized carbons (Fsp3) is 0. The summed E-state index contributed by atoms with van der Waals surface area (Å²) in [4.78, 5) is 20.3. The third-order valence-corrected chi connectivity index (χ3v) is 3.33. The van der Waals surface area contributed by atoms with Crippen LogP contribution in [0, 0.1) is 5.82 Å². The first-order valence-electron chi connectivity index (χ1n) is 7.02. The average molecular weight is 343 g/mol. The second-order valence-electron chi connectivity index (χ2n) is 4.89. The van der Waals surface area contributed by atoms with Gasteiger partial charge in [0.2, 0.25) is 5.95 Å². The van der Waals surface area contributed by atoms with E-state index in [9.17, 15) is 9.18 Å². The van der Waals surface area contributed by atoms with E-state index < -0.39 is 0 Å². The van der Waals surface area contributed by atoms with Crippen molar-refractivity contribution in [1.29, 1.82) is 0 Å². The SMILES string of the molecule is O=C(Nc1cccc(Cl)c1)c1cnc(Nc2ccc(F)cc2)nc1. The van der Waals surface area contributed by atoms with Gasteiger partial charge in [-0.2, -0.15) is 0 Å². The minimum atomic E-state index is -0.342. The number of benzene rings is 2. The van der Waals surface area contributed by atoms with Crippen LogP contribution in [-0.2, 0) is 0 Å². The van der Waals surface area contributed by atoms with Gasteiger partial charge in [-0.1, -0.05) is 17.7 Å². The van der Waals surface area contributed by atoms with E-state index in [1.54, 1.807) is 36.4 Å². The number of hydrogen-bond acceptors (Lipinski definition) is 4. The van der Waals surface area contributed by atoms with E-state index in [1.165, 1.54) is 24.5 Å². The normalized spacial score (nSPS) is 10.2. The van der Waals surface area contributed by atoms with E-state index >= 15 is 0 Å². The van der Waals surface area contributed by atoms with E-state index in [-0.39, 0.29) is 11.7 Å². The van der Waals surface area contributed by atoms with E-state index in [1.807, 2.05) is 0 Å². The first-order chi connectivity index (χ1) is 11.6. The van der Waals surface area contributed by atoms with Crippen LogP contribution in [-0.4, -0.2) is 15.9 Å². The molecular formula is C17H12ClFN4O. The quantitative estimate of drug-likeness (QED) is 0.743. The zero-order valence-electron chi connectivity index (χ0n) is 12.3. The first-order valence-corrected chi connectivity index (χ1v) is 7.39. The Labute approximate surface area is 142 Å². The maximum Gasteiger partial charge on any atom is 0.258 e. The zero-order chi connectivity index (χ0) is 16.9. The predicted octanol–water partition coefficient (Wildman–Crippen LogP) is 4.27. The third kappa shape index (κ3) is 4.05. The Bertz CT molecular complexity index is 853. The number of carbonyl (C=O) groups is 1. The summed E-state index contributed by atoms with van der Waals surface area (Å²) in [6, 6.07) is 12.6. The van der Waals surface area contributed by atoms with Crippen molar-refractivity contribution in [3.8, 4) is 0 Å². The predicted molar refractivity (Wildman–Crippen MR) is 91.1 cm³/mol. The van der Waals surface area contributed by atoms with Crippen molar-refractivity contribution in [2.24, 2.45) is 0 Å². The summed E-state index contributed by atoms with van der Waals surface area (Å²) < 4.78 is 12.9. The molecule has 0 aliphatic carbocycles. The molecule has 2 N–H and O–H groups in total. The molecule has 1 aromatic heterocycles. The van der Waals surface area contributed by atoms with Crippen LogP contribution in [0.3, 0.4) is 0 Å². The number of rotatable bonds is 4. The molecule has 120 valence electrons. The fourth-order valence-corrected chi connectivity index (χ4v) is 2.13. The van der Waals surface area contributed by atoms with Crippen LogP contribution >= 0.6 is 11.6 Å². The molecule has 0 bridgehead atoms. The molecule has 0 saturated heterocycles. The molecule has 0 saturated carbocycles. The van der Waals surface area contributed by atoms with Crippen LogP contribution < -0.4 is 10.6 Å². The number of anilines is 3. The lowest BCUT2D eigenvalue weighted by atomic mass is 10.3. The Kier molecular flexibility index (Phi) is 4.67. The number of nitrogens with zero attached hydrogens (tertiary/aromatic N) is 2. The molecule has 1 heterocycles. The van der Waals surface area contributed by atoms with Crippen LogP contribution in [0.2, 0.25) is 5.02 Å². The molecule has 24 heavy (non-hydrogen) atoms. The molecule has 0 radical (unpaired) electrons. The average Bonchev–Trinajstić information content (AvgIpc) is 2.57. The molecule has 0 spiro atoms. The monoisotopic (exact) mass is 342 g/mol. The van der Waals surface area contributed by atoms with Crippen LogP contribution in [0.4, 0.5) is 21.7 Å². The van der Waals surface area contributed by atoms with Gasteiger partial charge in [0, 0.05) is 28.8 Å². The van der Waals surface area contributed by atoms with Crippen molar-refractivity contribution in [2.45, 2.75) is 0 Å². The van der Waals surface area contributed by atoms with Gasteiger partial charge in [-0.3, -0.25) is 4.79 Å². The van der Waals surface area contributed by atoms with Crippen molar-refractivity contribution < 1.29 is 9.18 Å². The number of carbonyl (C=O) groups excluding carboxylic acids is 1. The number of amides is 1. The van der Waals surface area contributed by atoms with Gasteiger partial charge in [-0.05, 0) is 42.5 Å². The molecular weight excluding hydrogens is 331 g/mol. The van der Waals surface area contributed by atoms with Crippen LogP contribution in [0.25, 0.3) is 0 Å². The van der Waals surface area contributed by atoms with Crippen LogP contribution in [0.15, 0.2) is 60.9 Å². The number of halogens is 2. The summed E-state index contributed by atoms with van der Waals surface area (Å²) in [5, 5.41) is 6.16. The highest BCUT2D eigenvalue weighted by Gasteiger charge is 2.08. The highest BCUT2D eigenvalue weighted by atomic mass is 35.5. The third-order valence-electron chi connectivity index (χ3n) is 3.10. The standard InChI is InChI=1S/C17H12ClFN4O/c18-12-2-1-3-15(8-12)22-16(24)11-9-20-17(21-10-11)23-14-6-4-13(19)5-7-14/h1-10H,(H,22,24)(H,20,21,23). The molecule has 0 atom stereocenters. The van der Waals surface area contributed by atoms with Crippen LogP contribution in [0.5, 0.6) is 0 Å². The topological polar surface area (TPSA) is 66.9 Å². The van der Waals surface area contributed by atoms with Gasteiger partial charge in [0.25, 0.3) is 5.91 Å². The minimum absolute atomic E-state index is 0.305. The Balaban J connectivity index is 1.67. The number of nitrogens with one attached hydrogen (secondary N) is 2. The fourth-order valence-electron chi connectivity index (χ4n) is 1.94. The molecule has 0 unspecified atom stereocenters. The van der Waals surface area contributed by atoms with Gasteiger partial charge in [-0.25, -0.2) is 14.4 Å². The molecule has 0 aliphatic rings. The molecule has 2 aromatic carbocycles. The van der Waals surface area contributed by atoms with E-state index in [0.717, 1.165) is 0 Å². The second-order valence-corrected chi connectivity index (χ2v) is 5.33. The van der Waals surface area contributed by atoms with Crippen LogP contribution in [0.1, 0.15) is 10.4 Å². The van der Waals surface area contributed by atoms with E-state index in [2.05, 4.69) is 20.6 Å². The largest absolute Gasteiger partial charge is 0.324 e. The maximum atomic E-state index is 12.9. The highest BCUT2D eigenvalue weighted by molar-refractivity contribution is 6.30. The molecule has 3 rings (SSSR count). The Morgan fingerprint density at radius 3 is 2.38 bits per heavy atom. The van der Waals surface area contributed by atoms with Gasteiger partial charge in [0.1, 0.15) is 5.82 Å². The van der Waals surface area contributed by atoms with Gasteiger partial charge in [-0.15, -0.1) is 0 Å². The molecule has 7 heteroatoms. The van der Waals surface area contributed by atoms with Gasteiger partial charge >= 0.3 is 0 Å². The maximum absolute atomic E-state index is 12.9.